The van der Waals surface area contributed by atoms with Gasteiger partial charge in [0, 0.05) is 6.42 Å². The fourth-order valence-electron chi connectivity index (χ4n) is 2.82. The molecule has 1 aliphatic heterocycles. The van der Waals surface area contributed by atoms with E-state index in [9.17, 15) is 4.39 Å². The number of fused-ring (bicyclic) bond motifs is 1. The quantitative estimate of drug-likeness (QED) is 0.908. The number of benzene rings is 2. The van der Waals surface area contributed by atoms with Gasteiger partial charge in [-0.25, -0.2) is 4.39 Å². The first-order valence-corrected chi connectivity index (χ1v) is 7.19. The van der Waals surface area contributed by atoms with Crippen molar-refractivity contribution in [1.29, 1.82) is 0 Å². The number of hydrogen-bond acceptors (Lipinski definition) is 2. The second-order valence-corrected chi connectivity index (χ2v) is 6.39. The van der Waals surface area contributed by atoms with Crippen LogP contribution in [0.15, 0.2) is 36.4 Å². The summed E-state index contributed by atoms with van der Waals surface area (Å²) in [5.74, 6) is 0.708. The van der Waals surface area contributed by atoms with Crippen LogP contribution in [0.3, 0.4) is 0 Å². The van der Waals surface area contributed by atoms with Crippen LogP contribution in [0, 0.1) is 12.7 Å². The van der Waals surface area contributed by atoms with Gasteiger partial charge in [0.15, 0.2) is 0 Å². The Bertz CT molecular complexity index is 694. The molecule has 0 aliphatic carbocycles. The van der Waals surface area contributed by atoms with Crippen LogP contribution >= 0.6 is 0 Å². The van der Waals surface area contributed by atoms with E-state index in [-0.39, 0.29) is 17.5 Å². The zero-order valence-corrected chi connectivity index (χ0v) is 12.6. The van der Waals surface area contributed by atoms with Gasteiger partial charge in [0.1, 0.15) is 17.2 Å². The predicted octanol–water partition coefficient (Wildman–Crippen LogP) is 3.90. The molecule has 2 aromatic carbocycles. The number of ether oxygens (including phenoxy) is 1. The number of hydrogen-bond donors (Lipinski definition) is 1. The Morgan fingerprint density at radius 2 is 1.81 bits per heavy atom. The predicted molar refractivity (Wildman–Crippen MR) is 82.0 cm³/mol. The van der Waals surface area contributed by atoms with Gasteiger partial charge in [-0.15, -0.1) is 0 Å². The Morgan fingerprint density at radius 1 is 1.14 bits per heavy atom. The van der Waals surface area contributed by atoms with Crippen molar-refractivity contribution in [2.75, 3.05) is 0 Å². The summed E-state index contributed by atoms with van der Waals surface area (Å²) in [4.78, 5) is 0. The molecule has 0 bridgehead atoms. The van der Waals surface area contributed by atoms with Crippen LogP contribution in [-0.2, 0) is 6.42 Å². The second-order valence-electron chi connectivity index (χ2n) is 6.39. The van der Waals surface area contributed by atoms with Crippen LogP contribution in [-0.4, -0.2) is 5.60 Å². The lowest BCUT2D eigenvalue weighted by molar-refractivity contribution is 0.138. The minimum absolute atomic E-state index is 0.166. The highest BCUT2D eigenvalue weighted by Gasteiger charge is 2.30. The fraction of sp³-hybridized carbons (Fsp3) is 0.333. The van der Waals surface area contributed by atoms with E-state index in [4.69, 9.17) is 10.5 Å². The maximum absolute atomic E-state index is 13.7. The SMILES string of the molecule is Cc1ccc(C(N)c2ccc3c(c2)CC(C)(C)O3)cc1F. The largest absolute Gasteiger partial charge is 0.487 e. The lowest BCUT2D eigenvalue weighted by atomic mass is 9.94. The zero-order valence-electron chi connectivity index (χ0n) is 12.6. The molecule has 0 saturated carbocycles. The Kier molecular flexibility index (Phi) is 3.25. The summed E-state index contributed by atoms with van der Waals surface area (Å²) in [5.41, 5.74) is 9.70. The maximum Gasteiger partial charge on any atom is 0.126 e. The highest BCUT2D eigenvalue weighted by atomic mass is 19.1. The third-order valence-electron chi connectivity index (χ3n) is 4.00. The summed E-state index contributed by atoms with van der Waals surface area (Å²) >= 11 is 0. The zero-order chi connectivity index (χ0) is 15.2. The van der Waals surface area contributed by atoms with Gasteiger partial charge in [0.05, 0.1) is 6.04 Å². The molecule has 0 fully saturated rings. The molecule has 1 aliphatic rings. The molecule has 1 unspecified atom stereocenters. The average Bonchev–Trinajstić information content (AvgIpc) is 2.73. The van der Waals surface area contributed by atoms with Crippen LogP contribution in [0.5, 0.6) is 5.75 Å². The smallest absolute Gasteiger partial charge is 0.126 e. The average molecular weight is 285 g/mol. The monoisotopic (exact) mass is 285 g/mol. The van der Waals surface area contributed by atoms with Gasteiger partial charge < -0.3 is 10.5 Å². The normalized spacial score (nSPS) is 17.2. The van der Waals surface area contributed by atoms with E-state index in [1.165, 1.54) is 11.6 Å². The van der Waals surface area contributed by atoms with Crippen molar-refractivity contribution in [3.05, 3.63) is 64.5 Å². The Balaban J connectivity index is 1.93. The van der Waals surface area contributed by atoms with Crippen molar-refractivity contribution in [3.8, 4) is 5.75 Å². The molecule has 21 heavy (non-hydrogen) atoms. The lowest BCUT2D eigenvalue weighted by Crippen LogP contribution is -2.24. The number of halogens is 1. The van der Waals surface area contributed by atoms with Crippen LogP contribution in [0.25, 0.3) is 0 Å². The van der Waals surface area contributed by atoms with Crippen molar-refractivity contribution in [3.63, 3.8) is 0 Å². The van der Waals surface area contributed by atoms with Gasteiger partial charge in [-0.05, 0) is 55.2 Å². The molecule has 110 valence electrons. The Hall–Kier alpha value is -1.87. The van der Waals surface area contributed by atoms with Gasteiger partial charge in [0.2, 0.25) is 0 Å². The number of nitrogens with two attached hydrogens (primary N) is 1. The Labute approximate surface area is 124 Å². The highest BCUT2D eigenvalue weighted by Crippen LogP contribution is 2.36. The summed E-state index contributed by atoms with van der Waals surface area (Å²) < 4.78 is 19.6. The van der Waals surface area contributed by atoms with Crippen molar-refractivity contribution in [1.82, 2.24) is 0 Å². The minimum atomic E-state index is -0.325. The summed E-state index contributed by atoms with van der Waals surface area (Å²) in [6, 6.07) is 10.8. The molecule has 0 amide bonds. The molecule has 2 N–H and O–H groups in total. The minimum Gasteiger partial charge on any atom is -0.487 e. The molecular weight excluding hydrogens is 265 g/mol. The first-order valence-electron chi connectivity index (χ1n) is 7.19. The molecule has 1 heterocycles. The molecule has 0 radical (unpaired) electrons. The topological polar surface area (TPSA) is 35.2 Å². The molecule has 0 aromatic heterocycles. The van der Waals surface area contributed by atoms with E-state index in [1.54, 1.807) is 13.0 Å². The number of rotatable bonds is 2. The van der Waals surface area contributed by atoms with Crippen LogP contribution in [0.4, 0.5) is 4.39 Å². The van der Waals surface area contributed by atoms with Crippen molar-refractivity contribution in [2.45, 2.75) is 38.8 Å². The second kappa shape index (κ2) is 4.85. The van der Waals surface area contributed by atoms with Gasteiger partial charge in [-0.2, -0.15) is 0 Å². The van der Waals surface area contributed by atoms with E-state index in [0.717, 1.165) is 23.3 Å². The number of aryl methyl sites for hydroxylation is 1. The van der Waals surface area contributed by atoms with Crippen LogP contribution < -0.4 is 10.5 Å². The molecule has 0 saturated heterocycles. The maximum atomic E-state index is 13.7. The van der Waals surface area contributed by atoms with E-state index in [2.05, 4.69) is 19.9 Å². The molecular formula is C18H20FNO. The molecule has 1 atom stereocenters. The molecule has 3 rings (SSSR count). The third kappa shape index (κ3) is 2.66. The van der Waals surface area contributed by atoms with Gasteiger partial charge in [-0.3, -0.25) is 0 Å². The molecule has 3 heteroatoms. The van der Waals surface area contributed by atoms with E-state index < -0.39 is 0 Å². The fourth-order valence-corrected chi connectivity index (χ4v) is 2.82. The summed E-state index contributed by atoms with van der Waals surface area (Å²) in [6.45, 7) is 5.89. The van der Waals surface area contributed by atoms with Gasteiger partial charge in [0.25, 0.3) is 0 Å². The summed E-state index contributed by atoms with van der Waals surface area (Å²) in [7, 11) is 0. The molecule has 2 nitrogen and oxygen atoms in total. The van der Waals surface area contributed by atoms with Crippen molar-refractivity contribution in [2.24, 2.45) is 5.73 Å². The molecule has 0 spiro atoms. The Morgan fingerprint density at radius 3 is 2.52 bits per heavy atom. The first-order chi connectivity index (χ1) is 9.85. The van der Waals surface area contributed by atoms with Crippen molar-refractivity contribution >= 4 is 0 Å². The van der Waals surface area contributed by atoms with E-state index in [0.29, 0.717) is 5.56 Å². The molecule has 2 aromatic rings. The lowest BCUT2D eigenvalue weighted by Gasteiger charge is -2.16. The standard InChI is InChI=1S/C18H20FNO/c1-11-4-5-13(9-15(11)19)17(20)12-6-7-16-14(8-12)10-18(2,3)21-16/h4-9,17H,10,20H2,1-3H3. The van der Waals surface area contributed by atoms with E-state index in [1.807, 2.05) is 18.2 Å². The highest BCUT2D eigenvalue weighted by molar-refractivity contribution is 5.44. The van der Waals surface area contributed by atoms with E-state index >= 15 is 0 Å². The van der Waals surface area contributed by atoms with Crippen LogP contribution in [0.2, 0.25) is 0 Å². The third-order valence-corrected chi connectivity index (χ3v) is 4.00. The van der Waals surface area contributed by atoms with Crippen LogP contribution in [0.1, 0.15) is 42.1 Å². The van der Waals surface area contributed by atoms with Gasteiger partial charge >= 0.3 is 0 Å². The summed E-state index contributed by atoms with van der Waals surface area (Å²) in [5, 5.41) is 0. The summed E-state index contributed by atoms with van der Waals surface area (Å²) in [6.07, 6.45) is 0.866. The first kappa shape index (κ1) is 14.1. The van der Waals surface area contributed by atoms with Crippen molar-refractivity contribution < 1.29 is 9.13 Å². The van der Waals surface area contributed by atoms with Gasteiger partial charge in [-0.1, -0.05) is 24.3 Å².